The van der Waals surface area contributed by atoms with Crippen LogP contribution in [0.3, 0.4) is 0 Å². The van der Waals surface area contributed by atoms with Gasteiger partial charge in [-0.25, -0.2) is 0 Å². The van der Waals surface area contributed by atoms with Crippen molar-refractivity contribution in [1.82, 2.24) is 0 Å². The molecule has 16 heavy (non-hydrogen) atoms. The molecule has 0 spiro atoms. The Morgan fingerprint density at radius 3 is 2.56 bits per heavy atom. The highest BCUT2D eigenvalue weighted by Crippen LogP contribution is 2.43. The molecule has 0 radical (unpaired) electrons. The molecule has 2 aliphatic rings. The molecule has 3 rings (SSSR count). The van der Waals surface area contributed by atoms with E-state index < -0.39 is 0 Å². The first-order valence-corrected chi connectivity index (χ1v) is 5.87. The lowest BCUT2D eigenvalue weighted by Gasteiger charge is -2.27. The summed E-state index contributed by atoms with van der Waals surface area (Å²) in [4.78, 5) is 0. The van der Waals surface area contributed by atoms with E-state index in [1.165, 1.54) is 30.4 Å². The van der Waals surface area contributed by atoms with Gasteiger partial charge in [0.05, 0.1) is 0 Å². The molecule has 2 N–H and O–H groups in total. The van der Waals surface area contributed by atoms with Crippen LogP contribution in [0.4, 0.5) is 0 Å². The molecule has 1 nitrogen and oxygen atoms in total. The van der Waals surface area contributed by atoms with Crippen molar-refractivity contribution in [2.75, 3.05) is 0 Å². The van der Waals surface area contributed by atoms with E-state index in [4.69, 9.17) is 5.73 Å². The van der Waals surface area contributed by atoms with Gasteiger partial charge in [0.1, 0.15) is 0 Å². The lowest BCUT2D eigenvalue weighted by molar-refractivity contribution is 0.472. The fourth-order valence-electron chi connectivity index (χ4n) is 3.07. The summed E-state index contributed by atoms with van der Waals surface area (Å²) in [6, 6.07) is 10.9. The minimum Gasteiger partial charge on any atom is -0.324 e. The van der Waals surface area contributed by atoms with Gasteiger partial charge in [0.15, 0.2) is 0 Å². The normalized spacial score (nSPS) is 31.8. The van der Waals surface area contributed by atoms with Crippen molar-refractivity contribution < 1.29 is 0 Å². The monoisotopic (exact) mass is 235 g/mol. The second-order valence-electron chi connectivity index (χ2n) is 4.85. The van der Waals surface area contributed by atoms with Crippen molar-refractivity contribution >= 4 is 18.0 Å². The van der Waals surface area contributed by atoms with Crippen LogP contribution in [0.25, 0.3) is 5.57 Å². The highest BCUT2D eigenvalue weighted by molar-refractivity contribution is 5.85. The van der Waals surface area contributed by atoms with E-state index in [-0.39, 0.29) is 18.4 Å². The predicted molar refractivity (Wildman–Crippen MR) is 70.5 cm³/mol. The molecule has 0 heterocycles. The Morgan fingerprint density at radius 1 is 1.06 bits per heavy atom. The van der Waals surface area contributed by atoms with Gasteiger partial charge < -0.3 is 5.73 Å². The zero-order valence-corrected chi connectivity index (χ0v) is 10.1. The fourth-order valence-corrected chi connectivity index (χ4v) is 3.07. The number of nitrogens with two attached hydrogens (primary N) is 1. The fraction of sp³-hybridized carbons (Fsp3) is 0.429. The Bertz CT molecular complexity index is 385. The van der Waals surface area contributed by atoms with E-state index in [1.54, 1.807) is 0 Å². The summed E-state index contributed by atoms with van der Waals surface area (Å²) in [6.45, 7) is 0. The maximum absolute atomic E-state index is 6.32. The van der Waals surface area contributed by atoms with Crippen molar-refractivity contribution in [3.63, 3.8) is 0 Å². The minimum absolute atomic E-state index is 0. The molecule has 2 aliphatic carbocycles. The molecule has 1 saturated carbocycles. The van der Waals surface area contributed by atoms with Gasteiger partial charge in [0.2, 0.25) is 0 Å². The molecule has 3 atom stereocenters. The Hall–Kier alpha value is -0.790. The molecule has 2 bridgehead atoms. The van der Waals surface area contributed by atoms with Crippen LogP contribution < -0.4 is 5.73 Å². The van der Waals surface area contributed by atoms with Gasteiger partial charge in [-0.1, -0.05) is 36.4 Å². The summed E-state index contributed by atoms with van der Waals surface area (Å²) in [5, 5.41) is 0. The van der Waals surface area contributed by atoms with E-state index in [0.717, 1.165) is 11.8 Å². The summed E-state index contributed by atoms with van der Waals surface area (Å²) >= 11 is 0. The number of hydrogen-bond acceptors (Lipinski definition) is 1. The third-order valence-corrected chi connectivity index (χ3v) is 3.90. The summed E-state index contributed by atoms with van der Waals surface area (Å²) < 4.78 is 0. The molecule has 0 saturated heterocycles. The molecule has 1 aromatic rings. The average Bonchev–Trinajstić information content (AvgIpc) is 2.69. The molecule has 1 aromatic carbocycles. The smallest absolute Gasteiger partial charge is 0.0326 e. The van der Waals surface area contributed by atoms with Gasteiger partial charge in [0, 0.05) is 6.04 Å². The van der Waals surface area contributed by atoms with Gasteiger partial charge in [-0.3, -0.25) is 0 Å². The molecule has 0 aromatic heterocycles. The van der Waals surface area contributed by atoms with Gasteiger partial charge >= 0.3 is 0 Å². The van der Waals surface area contributed by atoms with Gasteiger partial charge in [-0.15, -0.1) is 12.4 Å². The molecule has 86 valence electrons. The molecule has 0 aliphatic heterocycles. The predicted octanol–water partition coefficient (Wildman–Crippen LogP) is 3.25. The third kappa shape index (κ3) is 1.90. The molecule has 1 fully saturated rings. The molecule has 2 heteroatoms. The van der Waals surface area contributed by atoms with Crippen LogP contribution in [0.15, 0.2) is 36.4 Å². The van der Waals surface area contributed by atoms with Gasteiger partial charge in [0.25, 0.3) is 0 Å². The summed E-state index contributed by atoms with van der Waals surface area (Å²) in [5.74, 6) is 1.53. The lowest BCUT2D eigenvalue weighted by atomic mass is 9.82. The van der Waals surface area contributed by atoms with E-state index in [2.05, 4.69) is 36.4 Å². The number of fused-ring (bicyclic) bond motifs is 2. The number of allylic oxidation sites excluding steroid dienone is 1. The molecular weight excluding hydrogens is 218 g/mol. The number of halogens is 1. The standard InChI is InChI=1S/C14H17N.ClH/c15-14-12-7-6-10(8-12)9-13(14)11-4-2-1-3-5-11;/h1-5,9-10,12,14H,6-8,15H2;1H/t10-,12+,14-;/m1./s1. The van der Waals surface area contributed by atoms with Crippen LogP contribution in [0.1, 0.15) is 24.8 Å². The van der Waals surface area contributed by atoms with Crippen LogP contribution in [-0.2, 0) is 0 Å². The zero-order valence-electron chi connectivity index (χ0n) is 9.30. The van der Waals surface area contributed by atoms with E-state index >= 15 is 0 Å². The number of benzene rings is 1. The maximum Gasteiger partial charge on any atom is 0.0326 e. The molecular formula is C14H18ClN. The van der Waals surface area contributed by atoms with Crippen LogP contribution in [0.2, 0.25) is 0 Å². The van der Waals surface area contributed by atoms with E-state index in [1.807, 2.05) is 0 Å². The van der Waals surface area contributed by atoms with E-state index in [9.17, 15) is 0 Å². The van der Waals surface area contributed by atoms with Crippen molar-refractivity contribution in [3.05, 3.63) is 42.0 Å². The summed E-state index contributed by atoms with van der Waals surface area (Å²) in [5.41, 5.74) is 9.03. The van der Waals surface area contributed by atoms with Crippen molar-refractivity contribution in [2.45, 2.75) is 25.3 Å². The van der Waals surface area contributed by atoms with Gasteiger partial charge in [-0.2, -0.15) is 0 Å². The number of rotatable bonds is 1. The third-order valence-electron chi connectivity index (χ3n) is 3.90. The zero-order chi connectivity index (χ0) is 10.3. The van der Waals surface area contributed by atoms with Gasteiger partial charge in [-0.05, 0) is 42.2 Å². The quantitative estimate of drug-likeness (QED) is 0.795. The van der Waals surface area contributed by atoms with Crippen LogP contribution in [-0.4, -0.2) is 6.04 Å². The highest BCUT2D eigenvalue weighted by Gasteiger charge is 2.34. The first kappa shape index (κ1) is 11.7. The first-order chi connectivity index (χ1) is 7.34. The van der Waals surface area contributed by atoms with Crippen LogP contribution in [0, 0.1) is 11.8 Å². The van der Waals surface area contributed by atoms with Crippen LogP contribution >= 0.6 is 12.4 Å². The van der Waals surface area contributed by atoms with Crippen molar-refractivity contribution in [2.24, 2.45) is 17.6 Å². The summed E-state index contributed by atoms with van der Waals surface area (Å²) in [7, 11) is 0. The highest BCUT2D eigenvalue weighted by atomic mass is 35.5. The average molecular weight is 236 g/mol. The Morgan fingerprint density at radius 2 is 1.81 bits per heavy atom. The Balaban J connectivity index is 0.000000963. The van der Waals surface area contributed by atoms with E-state index in [0.29, 0.717) is 0 Å². The minimum atomic E-state index is 0. The largest absolute Gasteiger partial charge is 0.324 e. The Kier molecular flexibility index (Phi) is 3.36. The summed E-state index contributed by atoms with van der Waals surface area (Å²) in [6.07, 6.45) is 6.40. The molecule has 0 unspecified atom stereocenters. The number of hydrogen-bond donors (Lipinski definition) is 1. The Labute approximate surface area is 103 Å². The topological polar surface area (TPSA) is 26.0 Å². The SMILES string of the molecule is Cl.N[C@H]1C(c2ccccc2)=C[C@@H]2CC[C@H]1C2. The van der Waals surface area contributed by atoms with Crippen LogP contribution in [0.5, 0.6) is 0 Å². The van der Waals surface area contributed by atoms with Crippen molar-refractivity contribution in [1.29, 1.82) is 0 Å². The maximum atomic E-state index is 6.32. The molecule has 0 amide bonds. The van der Waals surface area contributed by atoms with Crippen molar-refractivity contribution in [3.8, 4) is 0 Å². The first-order valence-electron chi connectivity index (χ1n) is 5.87. The second kappa shape index (κ2) is 4.60. The lowest BCUT2D eigenvalue weighted by Crippen LogP contribution is -2.32. The second-order valence-corrected chi connectivity index (χ2v) is 4.85.